The molecule has 2 N–H and O–H groups in total. The van der Waals surface area contributed by atoms with Crippen molar-refractivity contribution in [2.45, 2.75) is 12.8 Å². The van der Waals surface area contributed by atoms with E-state index in [0.29, 0.717) is 18.5 Å². The van der Waals surface area contributed by atoms with Crippen molar-refractivity contribution < 1.29 is 19.4 Å². The third-order valence-electron chi connectivity index (χ3n) is 4.53. The van der Waals surface area contributed by atoms with Crippen molar-refractivity contribution in [3.05, 3.63) is 77.9 Å². The van der Waals surface area contributed by atoms with Gasteiger partial charge in [0, 0.05) is 30.5 Å². The van der Waals surface area contributed by atoms with Crippen LogP contribution in [-0.2, 0) is 4.79 Å². The van der Waals surface area contributed by atoms with Crippen LogP contribution in [0.2, 0.25) is 0 Å². The highest BCUT2D eigenvalue weighted by Gasteiger charge is 2.29. The summed E-state index contributed by atoms with van der Waals surface area (Å²) in [4.78, 5) is 23.3. The van der Waals surface area contributed by atoms with Crippen molar-refractivity contribution >= 4 is 34.0 Å². The van der Waals surface area contributed by atoms with Crippen molar-refractivity contribution in [2.75, 3.05) is 0 Å². The van der Waals surface area contributed by atoms with Crippen LogP contribution in [0.5, 0.6) is 0 Å². The topological polar surface area (TPSA) is 69.4 Å². The SMILES string of the molecule is O=C1CCC(c2ccc3ccccc3c2)=[N+](c2cccc(C(=O)O)c2)N1. The van der Waals surface area contributed by atoms with E-state index in [4.69, 9.17) is 0 Å². The van der Waals surface area contributed by atoms with E-state index in [1.54, 1.807) is 22.9 Å². The number of nitrogens with zero attached hydrogens (tertiary/aromatic N) is 1. The Morgan fingerprint density at radius 2 is 1.73 bits per heavy atom. The van der Waals surface area contributed by atoms with E-state index in [-0.39, 0.29) is 11.5 Å². The molecular weight excluding hydrogens is 328 g/mol. The molecule has 0 saturated carbocycles. The maximum atomic E-state index is 12.0. The largest absolute Gasteiger partial charge is 0.478 e. The van der Waals surface area contributed by atoms with E-state index in [1.807, 2.05) is 18.2 Å². The van der Waals surface area contributed by atoms with Gasteiger partial charge in [0.15, 0.2) is 0 Å². The van der Waals surface area contributed by atoms with Gasteiger partial charge >= 0.3 is 5.97 Å². The van der Waals surface area contributed by atoms with Crippen LogP contribution in [0.3, 0.4) is 0 Å². The fourth-order valence-electron chi connectivity index (χ4n) is 3.23. The minimum absolute atomic E-state index is 0.0877. The van der Waals surface area contributed by atoms with E-state index in [1.165, 1.54) is 6.07 Å². The first-order valence-electron chi connectivity index (χ1n) is 8.40. The fraction of sp³-hybridized carbons (Fsp3) is 0.0952. The first kappa shape index (κ1) is 16.0. The van der Waals surface area contributed by atoms with Gasteiger partial charge in [0.2, 0.25) is 11.4 Å². The summed E-state index contributed by atoms with van der Waals surface area (Å²) in [6.07, 6.45) is 0.985. The second kappa shape index (κ2) is 6.44. The Hall–Kier alpha value is -3.47. The zero-order valence-corrected chi connectivity index (χ0v) is 14.0. The van der Waals surface area contributed by atoms with Crippen molar-refractivity contribution in [1.82, 2.24) is 5.43 Å². The Balaban J connectivity index is 1.88. The molecule has 26 heavy (non-hydrogen) atoms. The summed E-state index contributed by atoms with van der Waals surface area (Å²) in [7, 11) is 0. The minimum atomic E-state index is -0.998. The van der Waals surface area contributed by atoms with Gasteiger partial charge in [0.25, 0.3) is 5.91 Å². The quantitative estimate of drug-likeness (QED) is 0.714. The molecule has 4 rings (SSSR count). The Morgan fingerprint density at radius 3 is 2.54 bits per heavy atom. The molecule has 0 radical (unpaired) electrons. The van der Waals surface area contributed by atoms with Crippen LogP contribution < -0.4 is 5.43 Å². The lowest BCUT2D eigenvalue weighted by Crippen LogP contribution is -2.40. The normalized spacial score (nSPS) is 14.4. The predicted octanol–water partition coefficient (Wildman–Crippen LogP) is 3.50. The fourth-order valence-corrected chi connectivity index (χ4v) is 3.23. The number of carboxylic acids is 1. The molecule has 0 aromatic heterocycles. The van der Waals surface area contributed by atoms with Gasteiger partial charge in [0.05, 0.1) is 5.56 Å². The van der Waals surface area contributed by atoms with Gasteiger partial charge in [0.1, 0.15) is 0 Å². The molecule has 5 nitrogen and oxygen atoms in total. The van der Waals surface area contributed by atoms with E-state index in [2.05, 4.69) is 29.7 Å². The number of hydrogen-bond acceptors (Lipinski definition) is 2. The van der Waals surface area contributed by atoms with Crippen LogP contribution in [0.4, 0.5) is 5.69 Å². The molecule has 0 aliphatic carbocycles. The van der Waals surface area contributed by atoms with Gasteiger partial charge in [-0.25, -0.2) is 4.79 Å². The highest BCUT2D eigenvalue weighted by Crippen LogP contribution is 2.22. The molecule has 0 unspecified atom stereocenters. The summed E-state index contributed by atoms with van der Waals surface area (Å²) in [6, 6.07) is 20.8. The summed E-state index contributed by atoms with van der Waals surface area (Å²) in [5, 5.41) is 11.5. The molecular formula is C21H17N2O3+. The number of fused-ring (bicyclic) bond motifs is 1. The highest BCUT2D eigenvalue weighted by atomic mass is 16.4. The number of carbonyl (C=O) groups excluding carboxylic acids is 1. The van der Waals surface area contributed by atoms with E-state index >= 15 is 0 Å². The number of rotatable bonds is 3. The van der Waals surface area contributed by atoms with Gasteiger partial charge in [-0.2, -0.15) is 0 Å². The second-order valence-corrected chi connectivity index (χ2v) is 6.23. The molecule has 1 aliphatic rings. The van der Waals surface area contributed by atoms with Gasteiger partial charge in [-0.1, -0.05) is 41.1 Å². The number of nitrogens with one attached hydrogen (secondary N) is 1. The van der Waals surface area contributed by atoms with Crippen LogP contribution in [-0.4, -0.2) is 27.4 Å². The summed E-state index contributed by atoms with van der Waals surface area (Å²) < 4.78 is 1.70. The predicted molar refractivity (Wildman–Crippen MR) is 98.8 cm³/mol. The summed E-state index contributed by atoms with van der Waals surface area (Å²) in [5.41, 5.74) is 5.61. The molecule has 0 fully saturated rings. The summed E-state index contributed by atoms with van der Waals surface area (Å²) >= 11 is 0. The molecule has 0 bridgehead atoms. The molecule has 0 spiro atoms. The molecule has 1 heterocycles. The maximum Gasteiger partial charge on any atom is 0.335 e. The Kier molecular flexibility index (Phi) is 3.97. The van der Waals surface area contributed by atoms with Crippen molar-refractivity contribution in [3.63, 3.8) is 0 Å². The first-order valence-corrected chi connectivity index (χ1v) is 8.40. The van der Waals surface area contributed by atoms with Crippen LogP contribution in [0.15, 0.2) is 66.7 Å². The number of benzene rings is 3. The Bertz CT molecular complexity index is 1070. The average molecular weight is 345 g/mol. The number of amides is 1. The number of carbonyl (C=O) groups is 2. The number of hydrogen-bond donors (Lipinski definition) is 2. The molecule has 1 amide bonds. The van der Waals surface area contributed by atoms with Crippen LogP contribution in [0, 0.1) is 0 Å². The van der Waals surface area contributed by atoms with Crippen LogP contribution >= 0.6 is 0 Å². The molecule has 128 valence electrons. The number of hydrazine groups is 1. The Labute approximate surface area is 150 Å². The first-order chi connectivity index (χ1) is 12.6. The lowest BCUT2D eigenvalue weighted by molar-refractivity contribution is -0.496. The third kappa shape index (κ3) is 2.95. The smallest absolute Gasteiger partial charge is 0.335 e. The zero-order chi connectivity index (χ0) is 18.1. The van der Waals surface area contributed by atoms with E-state index in [0.717, 1.165) is 22.0 Å². The van der Waals surface area contributed by atoms with Gasteiger partial charge in [-0.3, -0.25) is 4.79 Å². The average Bonchev–Trinajstić information content (AvgIpc) is 2.67. The molecule has 3 aromatic carbocycles. The summed E-state index contributed by atoms with van der Waals surface area (Å²) in [6.45, 7) is 0. The zero-order valence-electron chi connectivity index (χ0n) is 14.0. The van der Waals surface area contributed by atoms with Gasteiger partial charge in [-0.05, 0) is 29.0 Å². The monoisotopic (exact) mass is 345 g/mol. The summed E-state index contributed by atoms with van der Waals surface area (Å²) in [5.74, 6) is -1.09. The Morgan fingerprint density at radius 1 is 0.923 bits per heavy atom. The third-order valence-corrected chi connectivity index (χ3v) is 4.53. The molecule has 3 aromatic rings. The van der Waals surface area contributed by atoms with Crippen molar-refractivity contribution in [3.8, 4) is 0 Å². The van der Waals surface area contributed by atoms with Crippen molar-refractivity contribution in [2.24, 2.45) is 0 Å². The lowest BCUT2D eigenvalue weighted by Gasteiger charge is -2.15. The minimum Gasteiger partial charge on any atom is -0.478 e. The number of aromatic carboxylic acids is 1. The highest BCUT2D eigenvalue weighted by molar-refractivity contribution is 6.03. The molecule has 0 atom stereocenters. The van der Waals surface area contributed by atoms with E-state index < -0.39 is 5.97 Å². The second-order valence-electron chi connectivity index (χ2n) is 6.23. The molecule has 5 heteroatoms. The number of hydrazone groups is 1. The lowest BCUT2D eigenvalue weighted by atomic mass is 10.00. The standard InChI is InChI=1S/C21H16N2O3/c24-20-11-10-19(16-9-8-14-4-1-2-5-15(14)12-16)23(22-20)18-7-3-6-17(13-18)21(25)26/h1-9,12-13H,10-11H2,(H-,22,24,25,26)/p+1. The maximum absolute atomic E-state index is 12.0. The van der Waals surface area contributed by atoms with Crippen LogP contribution in [0.25, 0.3) is 10.8 Å². The van der Waals surface area contributed by atoms with Gasteiger partial charge < -0.3 is 5.11 Å². The molecule has 0 saturated heterocycles. The van der Waals surface area contributed by atoms with Crippen molar-refractivity contribution in [1.29, 1.82) is 0 Å². The van der Waals surface area contributed by atoms with Gasteiger partial charge in [-0.15, -0.1) is 5.43 Å². The van der Waals surface area contributed by atoms with E-state index in [9.17, 15) is 14.7 Å². The number of carboxylic acid groups (broad SMARTS) is 1. The molecule has 1 aliphatic heterocycles. The van der Waals surface area contributed by atoms with Crippen LogP contribution in [0.1, 0.15) is 28.8 Å².